The molecular formula is C20H24FN5O. The average Bonchev–Trinajstić information content (AvgIpc) is 2.71. The molecule has 7 heteroatoms. The Morgan fingerprint density at radius 3 is 2.85 bits per heavy atom. The van der Waals surface area contributed by atoms with E-state index in [1.54, 1.807) is 24.4 Å². The number of nitrogens with zero attached hydrogens (tertiary/aromatic N) is 3. The van der Waals surface area contributed by atoms with Crippen LogP contribution >= 0.6 is 0 Å². The molecular weight excluding hydrogens is 345 g/mol. The minimum absolute atomic E-state index is 0.235. The zero-order valence-corrected chi connectivity index (χ0v) is 15.5. The monoisotopic (exact) mass is 369 g/mol. The van der Waals surface area contributed by atoms with E-state index < -0.39 is 0 Å². The van der Waals surface area contributed by atoms with Crippen LogP contribution in [0.5, 0.6) is 0 Å². The van der Waals surface area contributed by atoms with E-state index in [1.165, 1.54) is 0 Å². The standard InChI is InChI=1S/C20H24FN5O/c1-25-8-10-26(11-9-25)18-12-14(4-7-23-18)20(27)24-17-3-2-15-13-22-6-5-16(15)19(17)21/h2-4,7,12,22H,5-6,8-11,13H2,1H3,(H,24,27). The number of hydrogen-bond donors (Lipinski definition) is 2. The van der Waals surface area contributed by atoms with E-state index in [1.807, 2.05) is 6.07 Å². The summed E-state index contributed by atoms with van der Waals surface area (Å²) in [4.78, 5) is 21.5. The van der Waals surface area contributed by atoms with E-state index in [2.05, 4.69) is 32.5 Å². The molecule has 0 saturated carbocycles. The summed E-state index contributed by atoms with van der Waals surface area (Å²) in [5.41, 5.74) is 2.37. The van der Waals surface area contributed by atoms with E-state index >= 15 is 0 Å². The summed E-state index contributed by atoms with van der Waals surface area (Å²) in [6, 6.07) is 6.96. The molecule has 1 saturated heterocycles. The van der Waals surface area contributed by atoms with Crippen molar-refractivity contribution in [3.8, 4) is 0 Å². The second kappa shape index (κ2) is 7.62. The van der Waals surface area contributed by atoms with Crippen molar-refractivity contribution in [3.63, 3.8) is 0 Å². The Morgan fingerprint density at radius 1 is 1.22 bits per heavy atom. The Labute approximate surface area is 158 Å². The maximum atomic E-state index is 14.8. The summed E-state index contributed by atoms with van der Waals surface area (Å²) in [5, 5.41) is 5.95. The van der Waals surface area contributed by atoms with Crippen LogP contribution in [0.25, 0.3) is 0 Å². The van der Waals surface area contributed by atoms with E-state index in [-0.39, 0.29) is 17.4 Å². The van der Waals surface area contributed by atoms with Crippen molar-refractivity contribution in [3.05, 3.63) is 53.0 Å². The summed E-state index contributed by atoms with van der Waals surface area (Å²) >= 11 is 0. The summed E-state index contributed by atoms with van der Waals surface area (Å²) in [6.45, 7) is 5.10. The Bertz CT molecular complexity index is 848. The number of hydrogen-bond acceptors (Lipinski definition) is 5. The fraction of sp³-hybridized carbons (Fsp3) is 0.400. The lowest BCUT2D eigenvalue weighted by atomic mass is 9.99. The van der Waals surface area contributed by atoms with Crippen molar-refractivity contribution in [1.82, 2.24) is 15.2 Å². The van der Waals surface area contributed by atoms with Crippen molar-refractivity contribution >= 4 is 17.4 Å². The maximum absolute atomic E-state index is 14.8. The molecule has 2 aliphatic rings. The molecule has 4 rings (SSSR count). The first kappa shape index (κ1) is 17.9. The zero-order chi connectivity index (χ0) is 18.8. The summed E-state index contributed by atoms with van der Waals surface area (Å²) in [6.07, 6.45) is 2.27. The normalized spacial score (nSPS) is 17.5. The summed E-state index contributed by atoms with van der Waals surface area (Å²) < 4.78 is 14.8. The van der Waals surface area contributed by atoms with Crippen LogP contribution in [0.3, 0.4) is 0 Å². The molecule has 2 aliphatic heterocycles. The number of halogens is 1. The minimum Gasteiger partial charge on any atom is -0.354 e. The zero-order valence-electron chi connectivity index (χ0n) is 15.5. The Balaban J connectivity index is 1.51. The molecule has 0 radical (unpaired) electrons. The molecule has 0 bridgehead atoms. The molecule has 6 nitrogen and oxygen atoms in total. The highest BCUT2D eigenvalue weighted by Crippen LogP contribution is 2.25. The molecule has 1 amide bonds. The van der Waals surface area contributed by atoms with Crippen LogP contribution < -0.4 is 15.5 Å². The summed E-state index contributed by atoms with van der Waals surface area (Å²) in [7, 11) is 2.10. The van der Waals surface area contributed by atoms with Crippen LogP contribution in [0.4, 0.5) is 15.9 Å². The topological polar surface area (TPSA) is 60.5 Å². The highest BCUT2D eigenvalue weighted by Gasteiger charge is 2.19. The van der Waals surface area contributed by atoms with Gasteiger partial charge in [-0.25, -0.2) is 9.37 Å². The van der Waals surface area contributed by atoms with Crippen LogP contribution in [0.1, 0.15) is 21.5 Å². The Morgan fingerprint density at radius 2 is 2.04 bits per heavy atom. The van der Waals surface area contributed by atoms with Gasteiger partial charge < -0.3 is 20.4 Å². The molecule has 2 aromatic rings. The highest BCUT2D eigenvalue weighted by molar-refractivity contribution is 6.04. The first-order chi connectivity index (χ1) is 13.1. The summed E-state index contributed by atoms with van der Waals surface area (Å²) in [5.74, 6) is 0.143. The van der Waals surface area contributed by atoms with Crippen molar-refractivity contribution in [2.45, 2.75) is 13.0 Å². The molecule has 1 aromatic carbocycles. The van der Waals surface area contributed by atoms with Crippen molar-refractivity contribution in [1.29, 1.82) is 0 Å². The van der Waals surface area contributed by atoms with Gasteiger partial charge in [-0.05, 0) is 49.3 Å². The number of carbonyl (C=O) groups is 1. The maximum Gasteiger partial charge on any atom is 0.255 e. The van der Waals surface area contributed by atoms with Crippen molar-refractivity contribution in [2.75, 3.05) is 50.0 Å². The fourth-order valence-electron chi connectivity index (χ4n) is 3.59. The Kier molecular flexibility index (Phi) is 5.05. The highest BCUT2D eigenvalue weighted by atomic mass is 19.1. The smallest absolute Gasteiger partial charge is 0.255 e. The molecule has 3 heterocycles. The number of rotatable bonds is 3. The SMILES string of the molecule is CN1CCN(c2cc(C(=O)Nc3ccc4c(c3F)CCNC4)ccn2)CC1. The molecule has 2 N–H and O–H groups in total. The van der Waals surface area contributed by atoms with E-state index in [9.17, 15) is 9.18 Å². The lowest BCUT2D eigenvalue weighted by molar-refractivity contribution is 0.102. The predicted molar refractivity (Wildman–Crippen MR) is 104 cm³/mol. The number of amides is 1. The Hall–Kier alpha value is -2.51. The predicted octanol–water partition coefficient (Wildman–Crippen LogP) is 1.87. The molecule has 0 atom stereocenters. The van der Waals surface area contributed by atoms with Gasteiger partial charge in [0.05, 0.1) is 5.69 Å². The molecule has 0 spiro atoms. The lowest BCUT2D eigenvalue weighted by Gasteiger charge is -2.33. The lowest BCUT2D eigenvalue weighted by Crippen LogP contribution is -2.44. The fourth-order valence-corrected chi connectivity index (χ4v) is 3.59. The third-order valence-corrected chi connectivity index (χ3v) is 5.29. The number of benzene rings is 1. The van der Waals surface area contributed by atoms with Crippen LogP contribution in [0.2, 0.25) is 0 Å². The van der Waals surface area contributed by atoms with Gasteiger partial charge in [0, 0.05) is 44.5 Å². The third kappa shape index (κ3) is 3.79. The van der Waals surface area contributed by atoms with E-state index in [4.69, 9.17) is 0 Å². The average molecular weight is 369 g/mol. The number of anilines is 2. The van der Waals surface area contributed by atoms with Crippen molar-refractivity contribution < 1.29 is 9.18 Å². The van der Waals surface area contributed by atoms with E-state index in [0.717, 1.165) is 44.1 Å². The van der Waals surface area contributed by atoms with Gasteiger partial charge in [-0.2, -0.15) is 0 Å². The third-order valence-electron chi connectivity index (χ3n) is 5.29. The molecule has 142 valence electrons. The van der Waals surface area contributed by atoms with Gasteiger partial charge >= 0.3 is 0 Å². The van der Waals surface area contributed by atoms with Gasteiger partial charge in [0.2, 0.25) is 0 Å². The first-order valence-electron chi connectivity index (χ1n) is 9.33. The number of likely N-dealkylation sites (N-methyl/N-ethyl adjacent to an activating group) is 1. The van der Waals surface area contributed by atoms with E-state index in [0.29, 0.717) is 24.1 Å². The number of pyridine rings is 1. The van der Waals surface area contributed by atoms with Crippen molar-refractivity contribution in [2.24, 2.45) is 0 Å². The van der Waals surface area contributed by atoms with Crippen LogP contribution in [-0.2, 0) is 13.0 Å². The molecule has 1 aromatic heterocycles. The first-order valence-corrected chi connectivity index (χ1v) is 9.33. The molecule has 0 unspecified atom stereocenters. The van der Waals surface area contributed by atoms with Gasteiger partial charge in [0.25, 0.3) is 5.91 Å². The van der Waals surface area contributed by atoms with Gasteiger partial charge in [0.1, 0.15) is 11.6 Å². The number of carbonyl (C=O) groups excluding carboxylic acids is 1. The second-order valence-corrected chi connectivity index (χ2v) is 7.14. The number of fused-ring (bicyclic) bond motifs is 1. The van der Waals surface area contributed by atoms with Crippen LogP contribution in [0.15, 0.2) is 30.5 Å². The number of piperazine rings is 1. The van der Waals surface area contributed by atoms with Gasteiger partial charge in [0.15, 0.2) is 0 Å². The van der Waals surface area contributed by atoms with Crippen LogP contribution in [0, 0.1) is 5.82 Å². The molecule has 0 aliphatic carbocycles. The largest absolute Gasteiger partial charge is 0.354 e. The van der Waals surface area contributed by atoms with Gasteiger partial charge in [-0.15, -0.1) is 0 Å². The number of nitrogens with one attached hydrogen (secondary N) is 2. The minimum atomic E-state index is -0.323. The van der Waals surface area contributed by atoms with Crippen LogP contribution in [-0.4, -0.2) is 55.6 Å². The van der Waals surface area contributed by atoms with Gasteiger partial charge in [-0.3, -0.25) is 4.79 Å². The quantitative estimate of drug-likeness (QED) is 0.865. The number of aromatic nitrogens is 1. The molecule has 1 fully saturated rings. The van der Waals surface area contributed by atoms with Gasteiger partial charge in [-0.1, -0.05) is 6.07 Å². The second-order valence-electron chi connectivity index (χ2n) is 7.14. The molecule has 27 heavy (non-hydrogen) atoms.